The van der Waals surface area contributed by atoms with Crippen LogP contribution in [0.25, 0.3) is 0 Å². The zero-order valence-electron chi connectivity index (χ0n) is 11.1. The molecule has 0 unspecified atom stereocenters. The average molecular weight is 265 g/mol. The molecule has 104 valence electrons. The fraction of sp³-hybridized carbons (Fsp3) is 0.500. The van der Waals surface area contributed by atoms with Crippen LogP contribution in [-0.2, 0) is 11.3 Å². The number of benzene rings is 1. The quantitative estimate of drug-likeness (QED) is 0.876. The van der Waals surface area contributed by atoms with Gasteiger partial charge < -0.3 is 14.6 Å². The first kappa shape index (κ1) is 13.8. The highest BCUT2D eigenvalue weighted by Crippen LogP contribution is 2.22. The zero-order chi connectivity index (χ0) is 13.7. The lowest BCUT2D eigenvalue weighted by atomic mass is 10.1. The molecule has 1 aliphatic rings. The van der Waals surface area contributed by atoms with Gasteiger partial charge in [0.25, 0.3) is 0 Å². The van der Waals surface area contributed by atoms with Crippen molar-refractivity contribution in [3.63, 3.8) is 0 Å². The topological polar surface area (TPSA) is 59.0 Å². The summed E-state index contributed by atoms with van der Waals surface area (Å²) in [7, 11) is 0. The minimum Gasteiger partial charge on any atom is -0.494 e. The lowest BCUT2D eigenvalue weighted by Crippen LogP contribution is -2.35. The van der Waals surface area contributed by atoms with Crippen LogP contribution < -0.4 is 4.74 Å². The van der Waals surface area contributed by atoms with Crippen LogP contribution in [0.1, 0.15) is 22.8 Å². The molecule has 0 spiro atoms. The van der Waals surface area contributed by atoms with E-state index in [0.29, 0.717) is 18.7 Å². The maximum atomic E-state index is 11.0. The maximum absolute atomic E-state index is 11.0. The van der Waals surface area contributed by atoms with Gasteiger partial charge in [0.1, 0.15) is 5.75 Å². The Balaban J connectivity index is 2.18. The minimum absolute atomic E-state index is 0.298. The largest absolute Gasteiger partial charge is 0.494 e. The Kier molecular flexibility index (Phi) is 4.76. The summed E-state index contributed by atoms with van der Waals surface area (Å²) in [5, 5.41) is 9.06. The van der Waals surface area contributed by atoms with Crippen molar-refractivity contribution in [2.75, 3.05) is 32.9 Å². The lowest BCUT2D eigenvalue weighted by molar-refractivity contribution is 0.0338. The third kappa shape index (κ3) is 3.68. The van der Waals surface area contributed by atoms with Crippen molar-refractivity contribution >= 4 is 5.97 Å². The molecule has 1 N–H and O–H groups in total. The summed E-state index contributed by atoms with van der Waals surface area (Å²) in [6, 6.07) is 5.02. The molecule has 0 aliphatic carbocycles. The van der Waals surface area contributed by atoms with Gasteiger partial charge in [-0.1, -0.05) is 0 Å². The molecule has 2 rings (SSSR count). The van der Waals surface area contributed by atoms with E-state index in [1.165, 1.54) is 0 Å². The number of carboxylic acid groups (broad SMARTS) is 1. The van der Waals surface area contributed by atoms with Crippen LogP contribution >= 0.6 is 0 Å². The number of rotatable bonds is 5. The fourth-order valence-electron chi connectivity index (χ4n) is 2.13. The molecule has 0 radical (unpaired) electrons. The van der Waals surface area contributed by atoms with Crippen molar-refractivity contribution in [2.24, 2.45) is 0 Å². The van der Waals surface area contributed by atoms with E-state index in [-0.39, 0.29) is 0 Å². The third-order valence-electron chi connectivity index (χ3n) is 3.10. The molecular formula is C14H19NO4. The van der Waals surface area contributed by atoms with Crippen LogP contribution in [0.2, 0.25) is 0 Å². The Morgan fingerprint density at radius 1 is 1.42 bits per heavy atom. The van der Waals surface area contributed by atoms with E-state index in [4.69, 9.17) is 14.6 Å². The molecule has 1 aliphatic heterocycles. The molecule has 0 saturated carbocycles. The van der Waals surface area contributed by atoms with Gasteiger partial charge in [-0.15, -0.1) is 0 Å². The zero-order valence-corrected chi connectivity index (χ0v) is 11.1. The monoisotopic (exact) mass is 265 g/mol. The average Bonchev–Trinajstić information content (AvgIpc) is 2.42. The van der Waals surface area contributed by atoms with Crippen molar-refractivity contribution in [1.82, 2.24) is 4.90 Å². The van der Waals surface area contributed by atoms with Crippen LogP contribution in [0, 0.1) is 0 Å². The van der Waals surface area contributed by atoms with Crippen LogP contribution in [0.4, 0.5) is 0 Å². The van der Waals surface area contributed by atoms with E-state index in [9.17, 15) is 4.79 Å². The van der Waals surface area contributed by atoms with E-state index in [2.05, 4.69) is 4.90 Å². The number of carboxylic acids is 1. The number of nitrogens with zero attached hydrogens (tertiary/aromatic N) is 1. The molecular weight excluding hydrogens is 246 g/mol. The van der Waals surface area contributed by atoms with Crippen LogP contribution in [0.3, 0.4) is 0 Å². The molecule has 5 nitrogen and oxygen atoms in total. The van der Waals surface area contributed by atoms with Gasteiger partial charge in [0.15, 0.2) is 0 Å². The standard InChI is InChI=1S/C14H19NO4/c1-2-19-13-4-3-11(14(16)17)9-12(13)10-15-5-7-18-8-6-15/h3-4,9H,2,5-8,10H2,1H3,(H,16,17). The van der Waals surface area contributed by atoms with Crippen LogP contribution in [0.15, 0.2) is 18.2 Å². The number of ether oxygens (including phenoxy) is 2. The van der Waals surface area contributed by atoms with Crippen molar-refractivity contribution < 1.29 is 19.4 Å². The molecule has 1 saturated heterocycles. The fourth-order valence-corrected chi connectivity index (χ4v) is 2.13. The molecule has 1 heterocycles. The highest BCUT2D eigenvalue weighted by molar-refractivity contribution is 5.88. The Hall–Kier alpha value is -1.59. The molecule has 0 aromatic heterocycles. The summed E-state index contributed by atoms with van der Waals surface area (Å²) in [6.45, 7) is 6.36. The second-order valence-electron chi connectivity index (χ2n) is 4.45. The normalized spacial score (nSPS) is 16.3. The Morgan fingerprint density at radius 3 is 2.79 bits per heavy atom. The summed E-state index contributed by atoms with van der Waals surface area (Å²) in [6.07, 6.45) is 0. The van der Waals surface area contributed by atoms with Crippen molar-refractivity contribution in [3.05, 3.63) is 29.3 Å². The van der Waals surface area contributed by atoms with E-state index in [1.807, 2.05) is 6.92 Å². The van der Waals surface area contributed by atoms with Crippen LogP contribution in [0.5, 0.6) is 5.75 Å². The number of hydrogen-bond acceptors (Lipinski definition) is 4. The highest BCUT2D eigenvalue weighted by Gasteiger charge is 2.15. The summed E-state index contributed by atoms with van der Waals surface area (Å²) >= 11 is 0. The summed E-state index contributed by atoms with van der Waals surface area (Å²) < 4.78 is 10.9. The van der Waals surface area contributed by atoms with Gasteiger partial charge in [-0.25, -0.2) is 4.79 Å². The summed E-state index contributed by atoms with van der Waals surface area (Å²) in [5.74, 6) is -0.148. The number of morpholine rings is 1. The second-order valence-corrected chi connectivity index (χ2v) is 4.45. The summed E-state index contributed by atoms with van der Waals surface area (Å²) in [5.41, 5.74) is 1.22. The Bertz CT molecular complexity index is 441. The first-order valence-corrected chi connectivity index (χ1v) is 6.50. The molecule has 1 aromatic rings. The lowest BCUT2D eigenvalue weighted by Gasteiger charge is -2.27. The van der Waals surface area contributed by atoms with Gasteiger partial charge in [0.2, 0.25) is 0 Å². The number of aromatic carboxylic acids is 1. The molecule has 0 atom stereocenters. The molecule has 1 aromatic carbocycles. The van der Waals surface area contributed by atoms with Crippen LogP contribution in [-0.4, -0.2) is 48.9 Å². The predicted octanol–water partition coefficient (Wildman–Crippen LogP) is 1.62. The van der Waals surface area contributed by atoms with Gasteiger partial charge in [-0.3, -0.25) is 4.90 Å². The number of hydrogen-bond donors (Lipinski definition) is 1. The van der Waals surface area contributed by atoms with Gasteiger partial charge in [-0.2, -0.15) is 0 Å². The number of carbonyl (C=O) groups is 1. The Morgan fingerprint density at radius 2 is 2.16 bits per heavy atom. The van der Waals surface area contributed by atoms with E-state index in [0.717, 1.165) is 37.6 Å². The van der Waals surface area contributed by atoms with Crippen molar-refractivity contribution in [2.45, 2.75) is 13.5 Å². The van der Waals surface area contributed by atoms with Gasteiger partial charge in [0, 0.05) is 25.2 Å². The smallest absolute Gasteiger partial charge is 0.335 e. The van der Waals surface area contributed by atoms with Gasteiger partial charge in [0.05, 0.1) is 25.4 Å². The molecule has 5 heteroatoms. The third-order valence-corrected chi connectivity index (χ3v) is 3.10. The molecule has 0 bridgehead atoms. The second kappa shape index (κ2) is 6.54. The molecule has 19 heavy (non-hydrogen) atoms. The van der Waals surface area contributed by atoms with Crippen molar-refractivity contribution in [3.8, 4) is 5.75 Å². The minimum atomic E-state index is -0.911. The van der Waals surface area contributed by atoms with Crippen molar-refractivity contribution in [1.29, 1.82) is 0 Å². The van der Waals surface area contributed by atoms with E-state index >= 15 is 0 Å². The van der Waals surface area contributed by atoms with E-state index in [1.54, 1.807) is 18.2 Å². The SMILES string of the molecule is CCOc1ccc(C(=O)O)cc1CN1CCOCC1. The highest BCUT2D eigenvalue weighted by atomic mass is 16.5. The molecule has 0 amide bonds. The van der Waals surface area contributed by atoms with Gasteiger partial charge in [-0.05, 0) is 25.1 Å². The molecule has 1 fully saturated rings. The Labute approximate surface area is 112 Å². The van der Waals surface area contributed by atoms with Gasteiger partial charge >= 0.3 is 5.97 Å². The van der Waals surface area contributed by atoms with E-state index < -0.39 is 5.97 Å². The summed E-state index contributed by atoms with van der Waals surface area (Å²) in [4.78, 5) is 13.3. The first-order valence-electron chi connectivity index (χ1n) is 6.50. The predicted molar refractivity (Wildman–Crippen MR) is 70.7 cm³/mol. The maximum Gasteiger partial charge on any atom is 0.335 e. The first-order chi connectivity index (χ1) is 9.20.